The average molecular weight is 351 g/mol. The third-order valence-electron chi connectivity index (χ3n) is 4.39. The maximum Gasteiger partial charge on any atom is 0.257 e. The summed E-state index contributed by atoms with van der Waals surface area (Å²) >= 11 is 0. The van der Waals surface area contributed by atoms with Crippen molar-refractivity contribution in [3.63, 3.8) is 0 Å². The Balaban J connectivity index is 1.76. The SMILES string of the molecule is Cc1cccc(C(=O)NC(=NCC2CCCO2)Nc2ccccc2C)c1. The number of hydrogen-bond donors (Lipinski definition) is 2. The van der Waals surface area contributed by atoms with Crippen molar-refractivity contribution in [3.8, 4) is 0 Å². The molecular formula is C21H25N3O2. The number of nitrogens with zero attached hydrogens (tertiary/aromatic N) is 1. The number of ether oxygens (including phenoxy) is 1. The van der Waals surface area contributed by atoms with Gasteiger partial charge < -0.3 is 10.1 Å². The molecule has 2 aromatic rings. The highest BCUT2D eigenvalue weighted by Crippen LogP contribution is 2.15. The first kappa shape index (κ1) is 18.1. The van der Waals surface area contributed by atoms with Crippen molar-refractivity contribution in [3.05, 3.63) is 65.2 Å². The molecule has 0 aromatic heterocycles. The first-order valence-electron chi connectivity index (χ1n) is 8.98. The van der Waals surface area contributed by atoms with Crippen molar-refractivity contribution < 1.29 is 9.53 Å². The number of benzene rings is 2. The number of hydrogen-bond acceptors (Lipinski definition) is 3. The quantitative estimate of drug-likeness (QED) is 0.652. The zero-order chi connectivity index (χ0) is 18.4. The highest BCUT2D eigenvalue weighted by molar-refractivity contribution is 6.10. The lowest BCUT2D eigenvalue weighted by molar-refractivity contribution is 0.0975. The van der Waals surface area contributed by atoms with E-state index in [1.807, 2.05) is 56.3 Å². The average Bonchev–Trinajstić information content (AvgIpc) is 3.15. The molecule has 1 saturated heterocycles. The van der Waals surface area contributed by atoms with E-state index in [1.165, 1.54) is 0 Å². The number of aryl methyl sites for hydroxylation is 2. The molecule has 3 rings (SSSR count). The fourth-order valence-electron chi connectivity index (χ4n) is 2.90. The lowest BCUT2D eigenvalue weighted by Crippen LogP contribution is -2.37. The van der Waals surface area contributed by atoms with E-state index < -0.39 is 0 Å². The Morgan fingerprint density at radius 3 is 2.77 bits per heavy atom. The summed E-state index contributed by atoms with van der Waals surface area (Å²) in [5.74, 6) is 0.266. The summed E-state index contributed by atoms with van der Waals surface area (Å²) in [6.07, 6.45) is 2.20. The van der Waals surface area contributed by atoms with E-state index in [2.05, 4.69) is 15.6 Å². The van der Waals surface area contributed by atoms with Crippen molar-refractivity contribution in [2.24, 2.45) is 4.99 Å². The second-order valence-corrected chi connectivity index (χ2v) is 6.59. The van der Waals surface area contributed by atoms with Gasteiger partial charge >= 0.3 is 0 Å². The third-order valence-corrected chi connectivity index (χ3v) is 4.39. The monoisotopic (exact) mass is 351 g/mol. The van der Waals surface area contributed by atoms with Gasteiger partial charge in [-0.3, -0.25) is 10.1 Å². The first-order valence-corrected chi connectivity index (χ1v) is 8.98. The van der Waals surface area contributed by atoms with Gasteiger partial charge in [0.2, 0.25) is 5.96 Å². The minimum atomic E-state index is -0.180. The van der Waals surface area contributed by atoms with Crippen molar-refractivity contribution >= 4 is 17.6 Å². The highest BCUT2D eigenvalue weighted by atomic mass is 16.5. The summed E-state index contributed by atoms with van der Waals surface area (Å²) in [6.45, 7) is 5.30. The molecule has 0 radical (unpaired) electrons. The standard InChI is InChI=1S/C21H25N3O2/c1-15-7-5-9-17(13-15)20(25)24-21(22-14-18-10-6-12-26-18)23-19-11-4-3-8-16(19)2/h3-5,7-9,11,13,18H,6,10,12,14H2,1-2H3,(H2,22,23,24,25). The number of para-hydroxylation sites is 1. The summed E-state index contributed by atoms with van der Waals surface area (Å²) < 4.78 is 5.64. The van der Waals surface area contributed by atoms with Gasteiger partial charge in [0.25, 0.3) is 5.91 Å². The van der Waals surface area contributed by atoms with E-state index >= 15 is 0 Å². The summed E-state index contributed by atoms with van der Waals surface area (Å²) in [6, 6.07) is 15.4. The van der Waals surface area contributed by atoms with Crippen LogP contribution in [-0.4, -0.2) is 31.1 Å². The van der Waals surface area contributed by atoms with Crippen LogP contribution in [0.1, 0.15) is 34.3 Å². The Hall–Kier alpha value is -2.66. The Bertz CT molecular complexity index is 795. The molecule has 1 aliphatic rings. The molecule has 2 aromatic carbocycles. The zero-order valence-electron chi connectivity index (χ0n) is 15.3. The fourth-order valence-corrected chi connectivity index (χ4v) is 2.90. The molecule has 5 heteroatoms. The van der Waals surface area contributed by atoms with Gasteiger partial charge in [0.15, 0.2) is 0 Å². The van der Waals surface area contributed by atoms with Gasteiger partial charge in [-0.05, 0) is 50.5 Å². The molecule has 5 nitrogen and oxygen atoms in total. The molecule has 1 heterocycles. The van der Waals surface area contributed by atoms with Crippen LogP contribution in [0, 0.1) is 13.8 Å². The lowest BCUT2D eigenvalue weighted by Gasteiger charge is -2.15. The van der Waals surface area contributed by atoms with E-state index in [4.69, 9.17) is 4.74 Å². The molecule has 0 aliphatic carbocycles. The van der Waals surface area contributed by atoms with Crippen LogP contribution in [0.2, 0.25) is 0 Å². The molecule has 0 bridgehead atoms. The van der Waals surface area contributed by atoms with Crippen LogP contribution in [0.15, 0.2) is 53.5 Å². The molecule has 26 heavy (non-hydrogen) atoms. The summed E-state index contributed by atoms with van der Waals surface area (Å²) in [4.78, 5) is 17.2. The Morgan fingerprint density at radius 2 is 2.04 bits per heavy atom. The summed E-state index contributed by atoms with van der Waals surface area (Å²) in [7, 11) is 0. The lowest BCUT2D eigenvalue weighted by atomic mass is 10.1. The maximum absolute atomic E-state index is 12.6. The van der Waals surface area contributed by atoms with Crippen molar-refractivity contribution in [1.82, 2.24) is 5.32 Å². The number of anilines is 1. The molecule has 1 unspecified atom stereocenters. The van der Waals surface area contributed by atoms with Crippen LogP contribution in [0.5, 0.6) is 0 Å². The molecule has 1 aliphatic heterocycles. The zero-order valence-corrected chi connectivity index (χ0v) is 15.3. The van der Waals surface area contributed by atoms with Gasteiger partial charge in [0.1, 0.15) is 0 Å². The smallest absolute Gasteiger partial charge is 0.257 e. The number of carbonyl (C=O) groups is 1. The number of carbonyl (C=O) groups excluding carboxylic acids is 1. The molecule has 136 valence electrons. The highest BCUT2D eigenvalue weighted by Gasteiger charge is 2.16. The predicted octanol–water partition coefficient (Wildman–Crippen LogP) is 3.68. The van der Waals surface area contributed by atoms with Gasteiger partial charge in [-0.1, -0.05) is 35.9 Å². The van der Waals surface area contributed by atoms with E-state index in [9.17, 15) is 4.79 Å². The van der Waals surface area contributed by atoms with Gasteiger partial charge in [0, 0.05) is 17.9 Å². The molecular weight excluding hydrogens is 326 g/mol. The minimum Gasteiger partial charge on any atom is -0.376 e. The molecule has 2 N–H and O–H groups in total. The van der Waals surface area contributed by atoms with Gasteiger partial charge in [-0.15, -0.1) is 0 Å². The molecule has 0 spiro atoms. The van der Waals surface area contributed by atoms with Crippen molar-refractivity contribution in [1.29, 1.82) is 0 Å². The number of guanidine groups is 1. The molecule has 1 atom stereocenters. The van der Waals surface area contributed by atoms with E-state index in [0.29, 0.717) is 18.1 Å². The normalized spacial score (nSPS) is 17.2. The minimum absolute atomic E-state index is 0.125. The third kappa shape index (κ3) is 4.92. The Labute approximate surface area is 154 Å². The maximum atomic E-state index is 12.6. The van der Waals surface area contributed by atoms with Crippen LogP contribution in [0.25, 0.3) is 0 Å². The second kappa shape index (κ2) is 8.63. The van der Waals surface area contributed by atoms with Gasteiger partial charge in [-0.25, -0.2) is 4.99 Å². The van der Waals surface area contributed by atoms with Crippen molar-refractivity contribution in [2.75, 3.05) is 18.5 Å². The van der Waals surface area contributed by atoms with Crippen LogP contribution >= 0.6 is 0 Å². The van der Waals surface area contributed by atoms with E-state index in [-0.39, 0.29) is 12.0 Å². The second-order valence-electron chi connectivity index (χ2n) is 6.59. The van der Waals surface area contributed by atoms with E-state index in [1.54, 1.807) is 6.07 Å². The number of amides is 1. The first-order chi connectivity index (χ1) is 12.6. The topological polar surface area (TPSA) is 62.7 Å². The van der Waals surface area contributed by atoms with Crippen LogP contribution in [0.4, 0.5) is 5.69 Å². The summed E-state index contributed by atoms with van der Waals surface area (Å²) in [5, 5.41) is 6.15. The van der Waals surface area contributed by atoms with Crippen LogP contribution in [-0.2, 0) is 4.74 Å². The fraction of sp³-hybridized carbons (Fsp3) is 0.333. The van der Waals surface area contributed by atoms with Gasteiger partial charge in [-0.2, -0.15) is 0 Å². The molecule has 0 saturated carbocycles. The summed E-state index contributed by atoms with van der Waals surface area (Å²) in [5.41, 5.74) is 3.66. The molecule has 1 amide bonds. The molecule has 1 fully saturated rings. The largest absolute Gasteiger partial charge is 0.376 e. The van der Waals surface area contributed by atoms with Crippen LogP contribution < -0.4 is 10.6 Å². The number of nitrogens with one attached hydrogen (secondary N) is 2. The Morgan fingerprint density at radius 1 is 1.19 bits per heavy atom. The van der Waals surface area contributed by atoms with E-state index in [0.717, 1.165) is 36.3 Å². The number of rotatable bonds is 4. The van der Waals surface area contributed by atoms with Crippen LogP contribution in [0.3, 0.4) is 0 Å². The van der Waals surface area contributed by atoms with Gasteiger partial charge in [0.05, 0.1) is 12.6 Å². The number of aliphatic imine (C=N–C) groups is 1. The predicted molar refractivity (Wildman–Crippen MR) is 105 cm³/mol. The van der Waals surface area contributed by atoms with Crippen molar-refractivity contribution in [2.45, 2.75) is 32.8 Å². The Kier molecular flexibility index (Phi) is 6.02.